The normalized spacial score (nSPS) is 28.7. The van der Waals surface area contributed by atoms with Crippen LogP contribution in [-0.2, 0) is 10.0 Å². The van der Waals surface area contributed by atoms with E-state index < -0.39 is 10.0 Å². The van der Waals surface area contributed by atoms with Crippen LogP contribution in [0, 0.1) is 13.8 Å². The van der Waals surface area contributed by atoms with E-state index in [0.717, 1.165) is 23.3 Å². The zero-order valence-electron chi connectivity index (χ0n) is 12.6. The molecule has 2 saturated heterocycles. The summed E-state index contributed by atoms with van der Waals surface area (Å²) in [4.78, 5) is 1.06. The Kier molecular flexibility index (Phi) is 5.05. The highest BCUT2D eigenvalue weighted by atomic mass is 35.5. The first-order valence-corrected chi connectivity index (χ1v) is 9.44. The highest BCUT2D eigenvalue weighted by Gasteiger charge is 2.39. The predicted octanol–water partition coefficient (Wildman–Crippen LogP) is 2.69. The Bertz CT molecular complexity index is 602. The lowest BCUT2D eigenvalue weighted by Crippen LogP contribution is -2.48. The van der Waals surface area contributed by atoms with E-state index in [1.165, 1.54) is 24.2 Å². The van der Waals surface area contributed by atoms with Gasteiger partial charge in [-0.05, 0) is 51.2 Å². The number of halogens is 1. The lowest BCUT2D eigenvalue weighted by atomic mass is 10.0. The molecule has 2 bridgehead atoms. The van der Waals surface area contributed by atoms with E-state index in [1.807, 2.05) is 19.9 Å². The minimum absolute atomic E-state index is 0. The molecule has 2 unspecified atom stereocenters. The molecule has 7 heteroatoms. The van der Waals surface area contributed by atoms with Gasteiger partial charge in [0.1, 0.15) is 4.21 Å². The fourth-order valence-electron chi connectivity index (χ4n) is 3.53. The standard InChI is InChI=1S/C14H22N2O2S2.ClH/c1-9-6-10(2)19-14(9)20(17,18)16(3)13-7-11-4-5-12(8-13)15-11;/h6,11-13,15H,4-5,7-8H2,1-3H3;1H. The van der Waals surface area contributed by atoms with Crippen molar-refractivity contribution in [2.75, 3.05) is 7.05 Å². The third-order valence-corrected chi connectivity index (χ3v) is 8.25. The van der Waals surface area contributed by atoms with E-state index in [1.54, 1.807) is 11.4 Å². The Labute approximate surface area is 137 Å². The molecule has 1 aromatic heterocycles. The molecule has 3 heterocycles. The van der Waals surface area contributed by atoms with Gasteiger partial charge in [0.15, 0.2) is 0 Å². The number of rotatable bonds is 3. The fraction of sp³-hybridized carbons (Fsp3) is 0.714. The zero-order chi connectivity index (χ0) is 14.5. The molecule has 1 N–H and O–H groups in total. The molecule has 2 fully saturated rings. The Morgan fingerprint density at radius 1 is 1.24 bits per heavy atom. The highest BCUT2D eigenvalue weighted by Crippen LogP contribution is 2.34. The maximum atomic E-state index is 12.8. The summed E-state index contributed by atoms with van der Waals surface area (Å²) < 4.78 is 27.8. The number of aryl methyl sites for hydroxylation is 2. The van der Waals surface area contributed by atoms with E-state index in [-0.39, 0.29) is 18.4 Å². The van der Waals surface area contributed by atoms with Crippen LogP contribution >= 0.6 is 23.7 Å². The van der Waals surface area contributed by atoms with Crippen LogP contribution in [0.15, 0.2) is 10.3 Å². The lowest BCUT2D eigenvalue weighted by molar-refractivity contribution is 0.251. The molecular formula is C14H23ClN2O2S2. The number of thiophene rings is 1. The summed E-state index contributed by atoms with van der Waals surface area (Å²) in [5.74, 6) is 0. The summed E-state index contributed by atoms with van der Waals surface area (Å²) in [5.41, 5.74) is 0.872. The van der Waals surface area contributed by atoms with Crippen molar-refractivity contribution in [2.45, 2.75) is 61.9 Å². The van der Waals surface area contributed by atoms with E-state index in [9.17, 15) is 8.42 Å². The minimum Gasteiger partial charge on any atom is -0.311 e. The molecule has 3 rings (SSSR count). The van der Waals surface area contributed by atoms with Crippen molar-refractivity contribution in [3.8, 4) is 0 Å². The molecule has 2 atom stereocenters. The largest absolute Gasteiger partial charge is 0.311 e. The van der Waals surface area contributed by atoms with Gasteiger partial charge in [-0.3, -0.25) is 0 Å². The number of sulfonamides is 1. The number of hydrogen-bond acceptors (Lipinski definition) is 4. The maximum Gasteiger partial charge on any atom is 0.252 e. The predicted molar refractivity (Wildman–Crippen MR) is 89.0 cm³/mol. The number of piperidine rings is 1. The zero-order valence-corrected chi connectivity index (χ0v) is 15.1. The number of fused-ring (bicyclic) bond motifs is 2. The van der Waals surface area contributed by atoms with Crippen LogP contribution in [0.2, 0.25) is 0 Å². The Balaban J connectivity index is 0.00000161. The molecule has 0 aromatic carbocycles. The second kappa shape index (κ2) is 6.16. The topological polar surface area (TPSA) is 49.4 Å². The lowest BCUT2D eigenvalue weighted by Gasteiger charge is -2.34. The van der Waals surface area contributed by atoms with Crippen molar-refractivity contribution < 1.29 is 8.42 Å². The summed E-state index contributed by atoms with van der Waals surface area (Å²) in [6, 6.07) is 3.10. The fourth-order valence-corrected chi connectivity index (χ4v) is 6.74. The summed E-state index contributed by atoms with van der Waals surface area (Å²) in [6.07, 6.45) is 4.25. The van der Waals surface area contributed by atoms with Gasteiger partial charge in [-0.2, -0.15) is 4.31 Å². The van der Waals surface area contributed by atoms with E-state index in [0.29, 0.717) is 16.3 Å². The molecule has 0 saturated carbocycles. The second-order valence-electron chi connectivity index (χ2n) is 6.11. The SMILES string of the molecule is Cc1cc(C)c(S(=O)(=O)N(C)C2CC3CCC(C2)N3)s1.Cl. The number of nitrogens with one attached hydrogen (secondary N) is 1. The van der Waals surface area contributed by atoms with Gasteiger partial charge in [-0.15, -0.1) is 23.7 Å². The monoisotopic (exact) mass is 350 g/mol. The Morgan fingerprint density at radius 3 is 2.29 bits per heavy atom. The van der Waals surface area contributed by atoms with Gasteiger partial charge >= 0.3 is 0 Å². The average Bonchev–Trinajstić information content (AvgIpc) is 2.90. The van der Waals surface area contributed by atoms with Gasteiger partial charge in [0.25, 0.3) is 10.0 Å². The van der Waals surface area contributed by atoms with Crippen molar-refractivity contribution in [1.29, 1.82) is 0 Å². The summed E-state index contributed by atoms with van der Waals surface area (Å²) >= 11 is 1.39. The quantitative estimate of drug-likeness (QED) is 0.911. The Hall–Kier alpha value is -0.140. The summed E-state index contributed by atoms with van der Waals surface area (Å²) in [7, 11) is -1.59. The van der Waals surface area contributed by atoms with Gasteiger partial charge < -0.3 is 5.32 Å². The highest BCUT2D eigenvalue weighted by molar-refractivity contribution is 7.91. The first kappa shape index (κ1) is 17.2. The summed E-state index contributed by atoms with van der Waals surface area (Å²) in [5, 5.41) is 3.56. The van der Waals surface area contributed by atoms with Gasteiger partial charge in [0.2, 0.25) is 0 Å². The molecule has 2 aliphatic rings. The number of hydrogen-bond donors (Lipinski definition) is 1. The Morgan fingerprint density at radius 2 is 1.81 bits per heavy atom. The molecule has 0 amide bonds. The van der Waals surface area contributed by atoms with Gasteiger partial charge in [0.05, 0.1) is 0 Å². The van der Waals surface area contributed by atoms with Crippen molar-refractivity contribution in [1.82, 2.24) is 9.62 Å². The third kappa shape index (κ3) is 3.15. The average molecular weight is 351 g/mol. The van der Waals surface area contributed by atoms with Gasteiger partial charge in [0, 0.05) is 30.1 Å². The molecule has 0 aliphatic carbocycles. The molecule has 0 radical (unpaired) electrons. The van der Waals surface area contributed by atoms with Crippen molar-refractivity contribution in [3.63, 3.8) is 0 Å². The van der Waals surface area contributed by atoms with Crippen molar-refractivity contribution >= 4 is 33.8 Å². The van der Waals surface area contributed by atoms with Crippen LogP contribution < -0.4 is 5.32 Å². The van der Waals surface area contributed by atoms with E-state index in [2.05, 4.69) is 5.32 Å². The first-order valence-electron chi connectivity index (χ1n) is 7.19. The molecular weight excluding hydrogens is 328 g/mol. The van der Waals surface area contributed by atoms with Crippen LogP contribution in [0.3, 0.4) is 0 Å². The third-order valence-electron chi connectivity index (χ3n) is 4.57. The van der Waals surface area contributed by atoms with Crippen LogP contribution in [0.4, 0.5) is 0 Å². The first-order chi connectivity index (χ1) is 9.38. The van der Waals surface area contributed by atoms with Crippen LogP contribution in [-0.4, -0.2) is 37.9 Å². The maximum absolute atomic E-state index is 12.8. The van der Waals surface area contributed by atoms with E-state index in [4.69, 9.17) is 0 Å². The van der Waals surface area contributed by atoms with Crippen LogP contribution in [0.25, 0.3) is 0 Å². The minimum atomic E-state index is -3.34. The van der Waals surface area contributed by atoms with Crippen molar-refractivity contribution in [3.05, 3.63) is 16.5 Å². The molecule has 1 aromatic rings. The molecule has 0 spiro atoms. The second-order valence-corrected chi connectivity index (χ2v) is 9.56. The van der Waals surface area contributed by atoms with Crippen LogP contribution in [0.1, 0.15) is 36.1 Å². The van der Waals surface area contributed by atoms with Gasteiger partial charge in [-0.1, -0.05) is 0 Å². The smallest absolute Gasteiger partial charge is 0.252 e. The molecule has 21 heavy (non-hydrogen) atoms. The summed E-state index contributed by atoms with van der Waals surface area (Å²) in [6.45, 7) is 3.85. The molecule has 4 nitrogen and oxygen atoms in total. The molecule has 2 aliphatic heterocycles. The molecule has 120 valence electrons. The number of nitrogens with zero attached hydrogens (tertiary/aromatic N) is 1. The van der Waals surface area contributed by atoms with Crippen molar-refractivity contribution in [2.24, 2.45) is 0 Å². The van der Waals surface area contributed by atoms with Gasteiger partial charge in [-0.25, -0.2) is 8.42 Å². The van der Waals surface area contributed by atoms with E-state index >= 15 is 0 Å². The van der Waals surface area contributed by atoms with Crippen LogP contribution in [0.5, 0.6) is 0 Å².